The van der Waals surface area contributed by atoms with Crippen LogP contribution in [0, 0.1) is 13.8 Å². The van der Waals surface area contributed by atoms with Gasteiger partial charge in [0.2, 0.25) is 0 Å². The van der Waals surface area contributed by atoms with Crippen molar-refractivity contribution in [1.82, 2.24) is 5.32 Å². The third-order valence-electron chi connectivity index (χ3n) is 2.17. The summed E-state index contributed by atoms with van der Waals surface area (Å²) in [5.41, 5.74) is 0.798. The Balaban J connectivity index is 2.39. The van der Waals surface area contributed by atoms with Crippen LogP contribution in [0.2, 0.25) is 0 Å². The molecule has 1 atom stereocenters. The number of aliphatic hydroxyl groups excluding tert-OH is 1. The van der Waals surface area contributed by atoms with Crippen LogP contribution in [-0.2, 0) is 6.54 Å². The number of alkyl halides is 3. The molecule has 0 bridgehead atoms. The summed E-state index contributed by atoms with van der Waals surface area (Å²) < 4.78 is 41.1. The molecule has 6 heteroatoms. The second kappa shape index (κ2) is 4.88. The van der Waals surface area contributed by atoms with E-state index in [9.17, 15) is 13.2 Å². The van der Waals surface area contributed by atoms with E-state index in [2.05, 4.69) is 5.32 Å². The fourth-order valence-electron chi connectivity index (χ4n) is 1.32. The highest BCUT2D eigenvalue weighted by atomic mass is 19.4. The van der Waals surface area contributed by atoms with Crippen LogP contribution in [0.5, 0.6) is 0 Å². The first-order valence-corrected chi connectivity index (χ1v) is 4.82. The van der Waals surface area contributed by atoms with Gasteiger partial charge in [-0.2, -0.15) is 13.2 Å². The molecule has 2 N–H and O–H groups in total. The minimum absolute atomic E-state index is 0.246. The van der Waals surface area contributed by atoms with E-state index < -0.39 is 18.8 Å². The summed E-state index contributed by atoms with van der Waals surface area (Å²) >= 11 is 0. The van der Waals surface area contributed by atoms with Crippen LogP contribution in [0.1, 0.15) is 17.1 Å². The first-order chi connectivity index (χ1) is 7.30. The summed E-state index contributed by atoms with van der Waals surface area (Å²) in [4.78, 5) is 0. The Bertz CT molecular complexity index is 346. The highest BCUT2D eigenvalue weighted by Gasteiger charge is 2.37. The minimum atomic E-state index is -4.58. The van der Waals surface area contributed by atoms with E-state index in [-0.39, 0.29) is 6.54 Å². The predicted octanol–water partition coefficient (Wildman–Crippen LogP) is 1.91. The van der Waals surface area contributed by atoms with Crippen molar-refractivity contribution >= 4 is 0 Å². The van der Waals surface area contributed by atoms with Gasteiger partial charge in [0.1, 0.15) is 11.5 Å². The normalized spacial score (nSPS) is 14.1. The minimum Gasteiger partial charge on any atom is -0.466 e. The van der Waals surface area contributed by atoms with E-state index in [0.29, 0.717) is 11.5 Å². The number of nitrogens with one attached hydrogen (secondary N) is 1. The van der Waals surface area contributed by atoms with E-state index in [1.54, 1.807) is 19.9 Å². The van der Waals surface area contributed by atoms with Gasteiger partial charge in [0.15, 0.2) is 6.10 Å². The van der Waals surface area contributed by atoms with Crippen molar-refractivity contribution in [3.8, 4) is 0 Å². The first kappa shape index (κ1) is 13.1. The molecule has 1 heterocycles. The van der Waals surface area contributed by atoms with Crippen molar-refractivity contribution in [3.05, 3.63) is 23.2 Å². The van der Waals surface area contributed by atoms with Gasteiger partial charge in [-0.05, 0) is 19.9 Å². The second-order valence-electron chi connectivity index (χ2n) is 3.63. The van der Waals surface area contributed by atoms with Crippen LogP contribution in [0.15, 0.2) is 10.5 Å². The van der Waals surface area contributed by atoms with Gasteiger partial charge in [-0.25, -0.2) is 0 Å². The molecule has 0 aliphatic heterocycles. The lowest BCUT2D eigenvalue weighted by Gasteiger charge is -2.14. The molecule has 1 aromatic heterocycles. The van der Waals surface area contributed by atoms with Crippen LogP contribution >= 0.6 is 0 Å². The summed E-state index contributed by atoms with van der Waals surface area (Å²) in [7, 11) is 0. The Labute approximate surface area is 91.3 Å². The molecule has 1 unspecified atom stereocenters. The Morgan fingerprint density at radius 1 is 1.44 bits per heavy atom. The van der Waals surface area contributed by atoms with Crippen molar-refractivity contribution in [2.24, 2.45) is 0 Å². The number of aliphatic hydroxyl groups is 1. The van der Waals surface area contributed by atoms with Gasteiger partial charge in [0.05, 0.1) is 0 Å². The number of aryl methyl sites for hydroxylation is 2. The van der Waals surface area contributed by atoms with Crippen molar-refractivity contribution in [3.63, 3.8) is 0 Å². The van der Waals surface area contributed by atoms with E-state index in [1.165, 1.54) is 0 Å². The van der Waals surface area contributed by atoms with Crippen molar-refractivity contribution in [2.45, 2.75) is 32.7 Å². The Morgan fingerprint density at radius 2 is 2.06 bits per heavy atom. The van der Waals surface area contributed by atoms with Crippen LogP contribution in [0.3, 0.4) is 0 Å². The zero-order chi connectivity index (χ0) is 12.3. The lowest BCUT2D eigenvalue weighted by atomic mass is 10.2. The van der Waals surface area contributed by atoms with E-state index in [4.69, 9.17) is 9.52 Å². The standard InChI is InChI=1S/C10H14F3NO2/c1-6-3-8(7(2)16-6)4-14-5-9(15)10(11,12)13/h3,9,14-15H,4-5H2,1-2H3. The number of hydrogen-bond donors (Lipinski definition) is 2. The third-order valence-corrected chi connectivity index (χ3v) is 2.17. The van der Waals surface area contributed by atoms with Crippen molar-refractivity contribution in [2.75, 3.05) is 6.54 Å². The molecule has 0 fully saturated rings. The maximum atomic E-state index is 11.9. The lowest BCUT2D eigenvalue weighted by Crippen LogP contribution is -2.38. The summed E-state index contributed by atoms with van der Waals surface area (Å²) in [6.07, 6.45) is -6.91. The number of rotatable bonds is 4. The molecule has 0 radical (unpaired) electrons. The molecule has 3 nitrogen and oxygen atoms in total. The first-order valence-electron chi connectivity index (χ1n) is 4.82. The number of hydrogen-bond acceptors (Lipinski definition) is 3. The fraction of sp³-hybridized carbons (Fsp3) is 0.600. The maximum Gasteiger partial charge on any atom is 0.415 e. The van der Waals surface area contributed by atoms with Crippen molar-refractivity contribution in [1.29, 1.82) is 0 Å². The molecule has 0 aliphatic carbocycles. The highest BCUT2D eigenvalue weighted by molar-refractivity contribution is 5.19. The Kier molecular flexibility index (Phi) is 3.98. The van der Waals surface area contributed by atoms with Gasteiger partial charge in [0, 0.05) is 18.7 Å². The molecule has 0 amide bonds. The third kappa shape index (κ3) is 3.53. The second-order valence-corrected chi connectivity index (χ2v) is 3.63. The fourth-order valence-corrected chi connectivity index (χ4v) is 1.32. The summed E-state index contributed by atoms with van der Waals surface area (Å²) in [6, 6.07) is 1.75. The molecule has 0 saturated carbocycles. The van der Waals surface area contributed by atoms with Crippen LogP contribution < -0.4 is 5.32 Å². The zero-order valence-electron chi connectivity index (χ0n) is 9.06. The molecule has 0 aromatic carbocycles. The van der Waals surface area contributed by atoms with Gasteiger partial charge in [-0.15, -0.1) is 0 Å². The number of halogens is 3. The highest BCUT2D eigenvalue weighted by Crippen LogP contribution is 2.19. The zero-order valence-corrected chi connectivity index (χ0v) is 9.06. The summed E-state index contributed by atoms with van der Waals surface area (Å²) in [5, 5.41) is 11.3. The van der Waals surface area contributed by atoms with Crippen LogP contribution in [-0.4, -0.2) is 23.9 Å². The molecule has 16 heavy (non-hydrogen) atoms. The quantitative estimate of drug-likeness (QED) is 0.840. The topological polar surface area (TPSA) is 45.4 Å². The Morgan fingerprint density at radius 3 is 2.50 bits per heavy atom. The average Bonchev–Trinajstić information content (AvgIpc) is 2.43. The summed E-state index contributed by atoms with van der Waals surface area (Å²) in [6.45, 7) is 3.23. The largest absolute Gasteiger partial charge is 0.466 e. The predicted molar refractivity (Wildman–Crippen MR) is 52.0 cm³/mol. The molecule has 0 spiro atoms. The molecular formula is C10H14F3NO2. The molecule has 1 rings (SSSR count). The molecule has 0 aliphatic rings. The van der Waals surface area contributed by atoms with Crippen molar-refractivity contribution < 1.29 is 22.7 Å². The SMILES string of the molecule is Cc1cc(CNCC(O)C(F)(F)F)c(C)o1. The molecular weight excluding hydrogens is 223 g/mol. The van der Waals surface area contributed by atoms with Gasteiger partial charge in [0.25, 0.3) is 0 Å². The maximum absolute atomic E-state index is 11.9. The van der Waals surface area contributed by atoms with E-state index in [0.717, 1.165) is 5.56 Å². The lowest BCUT2D eigenvalue weighted by molar-refractivity contribution is -0.201. The van der Waals surface area contributed by atoms with Gasteiger partial charge < -0.3 is 14.8 Å². The molecule has 0 saturated heterocycles. The monoisotopic (exact) mass is 237 g/mol. The molecule has 92 valence electrons. The van der Waals surface area contributed by atoms with E-state index >= 15 is 0 Å². The molecule has 1 aromatic rings. The Hall–Kier alpha value is -1.01. The number of furan rings is 1. The van der Waals surface area contributed by atoms with Gasteiger partial charge >= 0.3 is 6.18 Å². The van der Waals surface area contributed by atoms with Crippen LogP contribution in [0.4, 0.5) is 13.2 Å². The van der Waals surface area contributed by atoms with Gasteiger partial charge in [-0.1, -0.05) is 0 Å². The average molecular weight is 237 g/mol. The van der Waals surface area contributed by atoms with Crippen LogP contribution in [0.25, 0.3) is 0 Å². The van der Waals surface area contributed by atoms with E-state index in [1.807, 2.05) is 0 Å². The summed E-state index contributed by atoms with van der Waals surface area (Å²) in [5.74, 6) is 1.39. The smallest absolute Gasteiger partial charge is 0.415 e. The van der Waals surface area contributed by atoms with Gasteiger partial charge in [-0.3, -0.25) is 0 Å².